The minimum Gasteiger partial charge on any atom is -0.322 e. The molecule has 4 N–H and O–H groups in total. The van der Waals surface area contributed by atoms with Crippen LogP contribution in [-0.2, 0) is 9.59 Å². The fourth-order valence-corrected chi connectivity index (χ4v) is 4.39. The molecule has 0 aromatic heterocycles. The Labute approximate surface area is 282 Å². The third kappa shape index (κ3) is 10.9. The Morgan fingerprint density at radius 1 is 0.511 bits per heavy atom. The number of hydrogen-bond donors (Lipinski definition) is 4. The van der Waals surface area contributed by atoms with Crippen molar-refractivity contribution in [3.63, 3.8) is 0 Å². The van der Waals surface area contributed by atoms with Gasteiger partial charge >= 0.3 is 0 Å². The summed E-state index contributed by atoms with van der Waals surface area (Å²) >= 11 is 11.7. The van der Waals surface area contributed by atoms with Gasteiger partial charge in [0.05, 0.1) is 11.4 Å². The van der Waals surface area contributed by atoms with E-state index in [1.54, 1.807) is 111 Å². The summed E-state index contributed by atoms with van der Waals surface area (Å²) < 4.78 is 0. The number of rotatable bonds is 12. The van der Waals surface area contributed by atoms with Gasteiger partial charge in [-0.3, -0.25) is 19.2 Å². The largest absolute Gasteiger partial charge is 0.322 e. The third-order valence-corrected chi connectivity index (χ3v) is 7.34. The van der Waals surface area contributed by atoms with Crippen LogP contribution in [0.4, 0.5) is 11.4 Å². The molecule has 0 aliphatic carbocycles. The van der Waals surface area contributed by atoms with Crippen LogP contribution >= 0.6 is 23.2 Å². The van der Waals surface area contributed by atoms with Gasteiger partial charge in [-0.25, -0.2) is 10.9 Å². The highest BCUT2D eigenvalue weighted by Gasteiger charge is 2.09. The molecule has 240 valence electrons. The van der Waals surface area contributed by atoms with Crippen LogP contribution in [0.3, 0.4) is 0 Å². The molecule has 0 spiro atoms. The molecule has 4 aromatic carbocycles. The van der Waals surface area contributed by atoms with Gasteiger partial charge < -0.3 is 10.6 Å². The smallest absolute Gasteiger partial charge is 0.255 e. The van der Waals surface area contributed by atoms with Crippen LogP contribution in [0.15, 0.2) is 107 Å². The highest BCUT2D eigenvalue weighted by molar-refractivity contribution is 6.31. The predicted octanol–water partition coefficient (Wildman–Crippen LogP) is 7.05. The van der Waals surface area contributed by atoms with Crippen LogP contribution in [-0.4, -0.2) is 35.1 Å². The first-order valence-corrected chi connectivity index (χ1v) is 15.3. The third-order valence-electron chi connectivity index (χ3n) is 6.84. The summed E-state index contributed by atoms with van der Waals surface area (Å²) in [5.41, 5.74) is 9.88. The maximum Gasteiger partial charge on any atom is 0.255 e. The molecular weight excluding hydrogens is 639 g/mol. The van der Waals surface area contributed by atoms with E-state index in [-0.39, 0.29) is 36.5 Å². The molecule has 0 aliphatic rings. The summed E-state index contributed by atoms with van der Waals surface area (Å²) in [5, 5.41) is 15.0. The van der Waals surface area contributed by atoms with Crippen molar-refractivity contribution in [1.29, 1.82) is 0 Å². The number of nitrogens with one attached hydrogen (secondary N) is 4. The summed E-state index contributed by atoms with van der Waals surface area (Å²) in [7, 11) is 0. The summed E-state index contributed by atoms with van der Waals surface area (Å²) in [6, 6.07) is 27.3. The summed E-state index contributed by atoms with van der Waals surface area (Å²) in [6.45, 7) is 3.50. The number of carbonyl (C=O) groups is 4. The lowest BCUT2D eigenvalue weighted by atomic mass is 10.1. The Bertz CT molecular complexity index is 1660. The number of halogens is 2. The second kappa shape index (κ2) is 16.8. The first-order chi connectivity index (χ1) is 22.6. The first kappa shape index (κ1) is 34.6. The van der Waals surface area contributed by atoms with E-state index in [2.05, 4.69) is 31.7 Å². The average Bonchev–Trinajstić information content (AvgIpc) is 3.07. The van der Waals surface area contributed by atoms with Crippen LogP contribution in [0.2, 0.25) is 10.0 Å². The quantitative estimate of drug-likeness (QED) is 0.0947. The zero-order valence-corrected chi connectivity index (χ0v) is 27.2. The lowest BCUT2D eigenvalue weighted by molar-refractivity contribution is -0.122. The monoisotopic (exact) mass is 670 g/mol. The van der Waals surface area contributed by atoms with Gasteiger partial charge in [0, 0.05) is 45.4 Å². The molecule has 10 nitrogen and oxygen atoms in total. The van der Waals surface area contributed by atoms with Crippen LogP contribution in [0.1, 0.15) is 65.0 Å². The molecule has 47 heavy (non-hydrogen) atoms. The second-order valence-corrected chi connectivity index (χ2v) is 11.3. The predicted molar refractivity (Wildman–Crippen MR) is 186 cm³/mol. The maximum absolute atomic E-state index is 12.4. The molecule has 0 aliphatic heterocycles. The molecule has 0 bridgehead atoms. The number of nitrogens with zero attached hydrogens (tertiary/aromatic N) is 2. The number of hydrogen-bond acceptors (Lipinski definition) is 6. The zero-order chi connectivity index (χ0) is 33.8. The van der Waals surface area contributed by atoms with E-state index in [0.29, 0.717) is 50.4 Å². The fraction of sp³-hybridized carbons (Fsp3) is 0.143. The summed E-state index contributed by atoms with van der Waals surface area (Å²) in [5.74, 6) is -1.17. The Balaban J connectivity index is 1.16. The SMILES string of the molecule is C/C(=N\NC(=O)CCCC(=O)N/N=C(\C)c1ccc(NC(=O)c2ccc(Cl)cc2)cc1)c1ccc(NC(=O)c2ccc(Cl)cc2)cc1. The molecule has 0 saturated carbocycles. The molecule has 0 atom stereocenters. The second-order valence-electron chi connectivity index (χ2n) is 10.4. The molecule has 0 heterocycles. The van der Waals surface area contributed by atoms with Gasteiger partial charge in [0.2, 0.25) is 11.8 Å². The van der Waals surface area contributed by atoms with Gasteiger partial charge in [0.1, 0.15) is 0 Å². The molecular formula is C35H32Cl2N6O4. The zero-order valence-electron chi connectivity index (χ0n) is 25.6. The summed E-state index contributed by atoms with van der Waals surface area (Å²) in [4.78, 5) is 49.3. The highest BCUT2D eigenvalue weighted by atomic mass is 35.5. The van der Waals surface area contributed by atoms with Crippen LogP contribution in [0.25, 0.3) is 0 Å². The van der Waals surface area contributed by atoms with E-state index < -0.39 is 0 Å². The van der Waals surface area contributed by atoms with E-state index in [4.69, 9.17) is 23.2 Å². The van der Waals surface area contributed by atoms with Crippen LogP contribution in [0, 0.1) is 0 Å². The molecule has 4 amide bonds. The van der Waals surface area contributed by atoms with Crippen LogP contribution < -0.4 is 21.5 Å². The Kier molecular flexibility index (Phi) is 12.4. The number of amides is 4. The van der Waals surface area contributed by atoms with Crippen molar-refractivity contribution in [2.45, 2.75) is 33.1 Å². The van der Waals surface area contributed by atoms with Crippen molar-refractivity contribution in [3.8, 4) is 0 Å². The van der Waals surface area contributed by atoms with Crippen molar-refractivity contribution < 1.29 is 19.2 Å². The minimum absolute atomic E-state index is 0.103. The maximum atomic E-state index is 12.4. The lowest BCUT2D eigenvalue weighted by Crippen LogP contribution is -2.22. The van der Waals surface area contributed by atoms with Crippen molar-refractivity contribution >= 4 is 69.6 Å². The lowest BCUT2D eigenvalue weighted by Gasteiger charge is -2.08. The molecule has 12 heteroatoms. The molecule has 0 fully saturated rings. The molecule has 0 saturated heterocycles. The average molecular weight is 672 g/mol. The molecule has 4 aromatic rings. The minimum atomic E-state index is -0.327. The van der Waals surface area contributed by atoms with Gasteiger partial charge in [-0.15, -0.1) is 0 Å². The van der Waals surface area contributed by atoms with Gasteiger partial charge in [-0.05, 0) is 104 Å². The van der Waals surface area contributed by atoms with E-state index in [0.717, 1.165) is 11.1 Å². The Morgan fingerprint density at radius 3 is 1.17 bits per heavy atom. The van der Waals surface area contributed by atoms with Gasteiger partial charge in [0.25, 0.3) is 11.8 Å². The normalized spacial score (nSPS) is 11.4. The van der Waals surface area contributed by atoms with E-state index in [1.807, 2.05) is 0 Å². The van der Waals surface area contributed by atoms with Crippen LogP contribution in [0.5, 0.6) is 0 Å². The van der Waals surface area contributed by atoms with E-state index in [1.165, 1.54) is 0 Å². The molecule has 0 unspecified atom stereocenters. The van der Waals surface area contributed by atoms with Gasteiger partial charge in [-0.2, -0.15) is 10.2 Å². The van der Waals surface area contributed by atoms with Gasteiger partial charge in [0.15, 0.2) is 0 Å². The standard InChI is InChI=1S/C35H32Cl2N6O4/c1-22(24-10-18-30(19-11-24)38-34(46)26-6-14-28(36)15-7-26)40-42-32(44)4-3-5-33(45)43-41-23(2)25-12-20-31(21-13-25)39-35(47)27-8-16-29(37)17-9-27/h6-21H,3-5H2,1-2H3,(H,38,46)(H,39,47)(H,42,44)(H,43,45)/b40-22+,41-23+. The van der Waals surface area contributed by atoms with E-state index in [9.17, 15) is 19.2 Å². The van der Waals surface area contributed by atoms with Crippen molar-refractivity contribution in [2.24, 2.45) is 10.2 Å². The number of anilines is 2. The Hall–Kier alpha value is -5.32. The topological polar surface area (TPSA) is 141 Å². The van der Waals surface area contributed by atoms with Crippen molar-refractivity contribution in [1.82, 2.24) is 10.9 Å². The number of carbonyl (C=O) groups excluding carboxylic acids is 4. The fourth-order valence-electron chi connectivity index (χ4n) is 4.14. The van der Waals surface area contributed by atoms with Crippen molar-refractivity contribution in [2.75, 3.05) is 10.6 Å². The highest BCUT2D eigenvalue weighted by Crippen LogP contribution is 2.16. The first-order valence-electron chi connectivity index (χ1n) is 14.6. The number of hydrazone groups is 2. The number of benzene rings is 4. The van der Waals surface area contributed by atoms with Crippen molar-refractivity contribution in [3.05, 3.63) is 129 Å². The molecule has 0 radical (unpaired) electrons. The molecule has 4 rings (SSSR count). The van der Waals surface area contributed by atoms with Gasteiger partial charge in [-0.1, -0.05) is 47.5 Å². The summed E-state index contributed by atoms with van der Waals surface area (Å²) in [6.07, 6.45) is 0.516. The van der Waals surface area contributed by atoms with E-state index >= 15 is 0 Å². The Morgan fingerprint density at radius 2 is 0.830 bits per heavy atom.